The van der Waals surface area contributed by atoms with Gasteiger partial charge in [-0.25, -0.2) is 0 Å². The van der Waals surface area contributed by atoms with Crippen molar-refractivity contribution in [2.24, 2.45) is 0 Å². The van der Waals surface area contributed by atoms with E-state index in [1.54, 1.807) is 11.9 Å². The molecule has 0 amide bonds. The molecule has 1 heterocycles. The molecule has 0 unspecified atom stereocenters. The zero-order valence-corrected chi connectivity index (χ0v) is 15.0. The van der Waals surface area contributed by atoms with E-state index in [1.165, 1.54) is 5.56 Å². The van der Waals surface area contributed by atoms with Crippen LogP contribution in [0.5, 0.6) is 23.0 Å². The molecular formula is C21H19NO3S. The molecule has 1 aliphatic heterocycles. The molecule has 0 radical (unpaired) electrons. The van der Waals surface area contributed by atoms with Gasteiger partial charge in [-0.3, -0.25) is 4.72 Å². The van der Waals surface area contributed by atoms with Crippen LogP contribution >= 0.6 is 11.9 Å². The first-order valence-electron chi connectivity index (χ1n) is 8.48. The van der Waals surface area contributed by atoms with Crippen molar-refractivity contribution in [2.45, 2.75) is 11.3 Å². The molecule has 0 atom stereocenters. The van der Waals surface area contributed by atoms with Gasteiger partial charge in [0.05, 0.1) is 0 Å². The zero-order valence-electron chi connectivity index (χ0n) is 14.2. The second-order valence-electron chi connectivity index (χ2n) is 5.82. The van der Waals surface area contributed by atoms with E-state index in [9.17, 15) is 0 Å². The number of hydrogen-bond donors (Lipinski definition) is 1. The lowest BCUT2D eigenvalue weighted by molar-refractivity contribution is 0.174. The molecule has 0 aromatic heterocycles. The number of fused-ring (bicyclic) bond motifs is 1. The third-order valence-electron chi connectivity index (χ3n) is 3.95. The Kier molecular flexibility index (Phi) is 5.28. The second kappa shape index (κ2) is 8.17. The van der Waals surface area contributed by atoms with Gasteiger partial charge in [0.1, 0.15) is 11.5 Å². The predicted molar refractivity (Wildman–Crippen MR) is 103 cm³/mol. The van der Waals surface area contributed by atoms with Gasteiger partial charge in [-0.2, -0.15) is 0 Å². The summed E-state index contributed by atoms with van der Waals surface area (Å²) in [5.74, 6) is 3.34. The molecule has 4 nitrogen and oxygen atoms in total. The molecule has 0 saturated heterocycles. The molecule has 0 saturated carbocycles. The number of para-hydroxylation sites is 1. The molecule has 1 N–H and O–H groups in total. The van der Waals surface area contributed by atoms with Gasteiger partial charge in [-0.1, -0.05) is 24.3 Å². The Labute approximate surface area is 157 Å². The monoisotopic (exact) mass is 365 g/mol. The lowest BCUT2D eigenvalue weighted by Crippen LogP contribution is -2.08. The topological polar surface area (TPSA) is 39.7 Å². The van der Waals surface area contributed by atoms with Gasteiger partial charge < -0.3 is 14.2 Å². The third-order valence-corrected chi connectivity index (χ3v) is 4.80. The molecular weight excluding hydrogens is 346 g/mol. The van der Waals surface area contributed by atoms with Crippen LogP contribution in [0, 0.1) is 0 Å². The molecule has 1 aliphatic rings. The summed E-state index contributed by atoms with van der Waals surface area (Å²) in [6.45, 7) is 1.18. The maximum atomic E-state index is 5.80. The van der Waals surface area contributed by atoms with Crippen molar-refractivity contribution < 1.29 is 14.2 Å². The number of ether oxygens (including phenoxy) is 3. The summed E-state index contributed by atoms with van der Waals surface area (Å²) < 4.78 is 19.9. The highest BCUT2D eigenvalue weighted by atomic mass is 32.2. The van der Waals surface area contributed by atoms with Gasteiger partial charge >= 0.3 is 0 Å². The highest BCUT2D eigenvalue weighted by Gasteiger charge is 2.12. The van der Waals surface area contributed by atoms with Gasteiger partial charge in [0.25, 0.3) is 0 Å². The molecule has 0 spiro atoms. The first-order chi connectivity index (χ1) is 12.9. The van der Waals surface area contributed by atoms with Crippen molar-refractivity contribution in [1.82, 2.24) is 4.72 Å². The van der Waals surface area contributed by atoms with Crippen LogP contribution in [0.1, 0.15) is 5.56 Å². The summed E-state index contributed by atoms with van der Waals surface area (Å²) in [4.78, 5) is 1.15. The van der Waals surface area contributed by atoms with Crippen molar-refractivity contribution in [3.05, 3.63) is 78.4 Å². The fourth-order valence-electron chi connectivity index (χ4n) is 2.63. The van der Waals surface area contributed by atoms with Gasteiger partial charge in [-0.15, -0.1) is 0 Å². The minimum Gasteiger partial charge on any atom is -0.457 e. The molecule has 26 heavy (non-hydrogen) atoms. The fourth-order valence-corrected chi connectivity index (χ4v) is 3.27. The minimum atomic E-state index is 0.316. The normalized spacial score (nSPS) is 12.2. The summed E-state index contributed by atoms with van der Waals surface area (Å²) in [5.41, 5.74) is 1.23. The van der Waals surface area contributed by atoms with E-state index in [1.807, 2.05) is 54.6 Å². The van der Waals surface area contributed by atoms with Gasteiger partial charge in [0.15, 0.2) is 11.5 Å². The van der Waals surface area contributed by atoms with Gasteiger partial charge in [0.2, 0.25) is 6.79 Å². The average Bonchev–Trinajstić information content (AvgIpc) is 3.15. The fraction of sp³-hybridized carbons (Fsp3) is 0.143. The van der Waals surface area contributed by atoms with E-state index < -0.39 is 0 Å². The molecule has 3 aromatic rings. The average molecular weight is 365 g/mol. The Morgan fingerprint density at radius 1 is 0.846 bits per heavy atom. The quantitative estimate of drug-likeness (QED) is 0.469. The van der Waals surface area contributed by atoms with Gasteiger partial charge in [-0.05, 0) is 72.5 Å². The van der Waals surface area contributed by atoms with Crippen LogP contribution in [-0.4, -0.2) is 13.3 Å². The van der Waals surface area contributed by atoms with Crippen LogP contribution in [0.15, 0.2) is 77.7 Å². The predicted octanol–water partition coefficient (Wildman–Crippen LogP) is 5.05. The number of benzene rings is 3. The Morgan fingerprint density at radius 3 is 2.46 bits per heavy atom. The first kappa shape index (κ1) is 16.8. The summed E-state index contributed by atoms with van der Waals surface area (Å²) in [6, 6.07) is 23.9. The molecule has 0 bridgehead atoms. The third kappa shape index (κ3) is 4.31. The molecule has 3 aromatic carbocycles. The van der Waals surface area contributed by atoms with Crippen LogP contribution in [0.4, 0.5) is 0 Å². The Morgan fingerprint density at radius 2 is 1.62 bits per heavy atom. The lowest BCUT2D eigenvalue weighted by Gasteiger charge is -2.07. The maximum absolute atomic E-state index is 5.80. The molecule has 4 rings (SSSR count). The Hall–Kier alpha value is -2.63. The molecule has 0 aliphatic carbocycles. The highest BCUT2D eigenvalue weighted by molar-refractivity contribution is 7.97. The first-order valence-corrected chi connectivity index (χ1v) is 9.30. The van der Waals surface area contributed by atoms with Gasteiger partial charge in [0, 0.05) is 11.4 Å². The number of hydrogen-bond acceptors (Lipinski definition) is 5. The summed E-state index contributed by atoms with van der Waals surface area (Å²) in [6.07, 6.45) is 0.929. The van der Waals surface area contributed by atoms with Crippen LogP contribution in [-0.2, 0) is 6.42 Å². The van der Waals surface area contributed by atoms with Crippen molar-refractivity contribution in [3.63, 3.8) is 0 Å². The van der Waals surface area contributed by atoms with E-state index in [0.717, 1.165) is 40.9 Å². The van der Waals surface area contributed by atoms with Crippen LogP contribution < -0.4 is 18.9 Å². The second-order valence-corrected chi connectivity index (χ2v) is 6.78. The standard InChI is InChI=1S/C21H19NO3S/c1-2-4-17(5-3-1)25-18-7-9-19(10-8-18)26-22-13-12-16-6-11-20-21(14-16)24-15-23-20/h1-11,14,22H,12-13,15H2. The Balaban J connectivity index is 1.23. The minimum absolute atomic E-state index is 0.316. The van der Waals surface area contributed by atoms with E-state index in [-0.39, 0.29) is 0 Å². The van der Waals surface area contributed by atoms with Crippen LogP contribution in [0.2, 0.25) is 0 Å². The lowest BCUT2D eigenvalue weighted by atomic mass is 10.1. The summed E-state index contributed by atoms with van der Waals surface area (Å²) in [7, 11) is 0. The van der Waals surface area contributed by atoms with E-state index in [0.29, 0.717) is 6.79 Å². The molecule has 0 fully saturated rings. The Bertz CT molecular complexity index is 853. The molecule has 5 heteroatoms. The van der Waals surface area contributed by atoms with Crippen LogP contribution in [0.25, 0.3) is 0 Å². The van der Waals surface area contributed by atoms with E-state index >= 15 is 0 Å². The van der Waals surface area contributed by atoms with Crippen molar-refractivity contribution >= 4 is 11.9 Å². The van der Waals surface area contributed by atoms with Crippen LogP contribution in [0.3, 0.4) is 0 Å². The summed E-state index contributed by atoms with van der Waals surface area (Å²) in [5, 5.41) is 0. The number of rotatable bonds is 7. The number of nitrogens with one attached hydrogen (secondary N) is 1. The van der Waals surface area contributed by atoms with Crippen molar-refractivity contribution in [3.8, 4) is 23.0 Å². The van der Waals surface area contributed by atoms with Crippen molar-refractivity contribution in [1.29, 1.82) is 0 Å². The van der Waals surface area contributed by atoms with Crippen molar-refractivity contribution in [2.75, 3.05) is 13.3 Å². The zero-order chi connectivity index (χ0) is 17.6. The smallest absolute Gasteiger partial charge is 0.231 e. The SMILES string of the molecule is c1ccc(Oc2ccc(SNCCc3ccc4c(c3)OCO4)cc2)cc1. The highest BCUT2D eigenvalue weighted by Crippen LogP contribution is 2.32. The largest absolute Gasteiger partial charge is 0.457 e. The maximum Gasteiger partial charge on any atom is 0.231 e. The van der Waals surface area contributed by atoms with E-state index in [2.05, 4.69) is 22.9 Å². The van der Waals surface area contributed by atoms with E-state index in [4.69, 9.17) is 14.2 Å². The molecule has 132 valence electrons. The summed E-state index contributed by atoms with van der Waals surface area (Å²) >= 11 is 1.62.